The highest BCUT2D eigenvalue weighted by molar-refractivity contribution is 7.99. The summed E-state index contributed by atoms with van der Waals surface area (Å²) in [5.74, 6) is 2.46. The third-order valence-electron chi connectivity index (χ3n) is 3.89. The van der Waals surface area contributed by atoms with Gasteiger partial charge in [-0.3, -0.25) is 0 Å². The summed E-state index contributed by atoms with van der Waals surface area (Å²) in [4.78, 5) is 0. The van der Waals surface area contributed by atoms with Crippen molar-refractivity contribution in [1.29, 1.82) is 0 Å². The molecule has 0 atom stereocenters. The molecule has 9 nitrogen and oxygen atoms in total. The van der Waals surface area contributed by atoms with Gasteiger partial charge in [0.15, 0.2) is 22.5 Å². The maximum atomic E-state index is 11.1. The van der Waals surface area contributed by atoms with E-state index in [9.17, 15) is 8.42 Å². The molecule has 28 heavy (non-hydrogen) atoms. The predicted molar refractivity (Wildman–Crippen MR) is 108 cm³/mol. The molecule has 2 aromatic rings. The molecule has 1 aromatic heterocycles. The second kappa shape index (κ2) is 10.6. The number of methoxy groups -OCH3 is 3. The highest BCUT2D eigenvalue weighted by Gasteiger charge is 2.16. The number of primary sulfonamides is 1. The molecular formula is C17H26N4O5S2. The van der Waals surface area contributed by atoms with Crippen LogP contribution in [0.15, 0.2) is 23.4 Å². The molecule has 1 heterocycles. The highest BCUT2D eigenvalue weighted by atomic mass is 32.2. The minimum Gasteiger partial charge on any atom is -0.493 e. The van der Waals surface area contributed by atoms with E-state index in [4.69, 9.17) is 19.3 Å². The smallest absolute Gasteiger partial charge is 0.209 e. The van der Waals surface area contributed by atoms with Crippen molar-refractivity contribution >= 4 is 21.8 Å². The summed E-state index contributed by atoms with van der Waals surface area (Å²) in [5, 5.41) is 14.4. The van der Waals surface area contributed by atoms with Crippen molar-refractivity contribution in [2.24, 2.45) is 5.14 Å². The van der Waals surface area contributed by atoms with Crippen LogP contribution in [0, 0.1) is 0 Å². The van der Waals surface area contributed by atoms with Crippen LogP contribution in [0.2, 0.25) is 0 Å². The number of ether oxygens (including phenoxy) is 3. The number of aromatic nitrogens is 3. The summed E-state index contributed by atoms with van der Waals surface area (Å²) in [6.45, 7) is 1.28. The largest absolute Gasteiger partial charge is 0.493 e. The molecule has 0 unspecified atom stereocenters. The molecule has 0 bridgehead atoms. The van der Waals surface area contributed by atoms with Gasteiger partial charge >= 0.3 is 0 Å². The summed E-state index contributed by atoms with van der Waals surface area (Å²) in [7, 11) is 1.37. The molecule has 0 amide bonds. The fraction of sp³-hybridized carbons (Fsp3) is 0.529. The fourth-order valence-electron chi connectivity index (χ4n) is 2.58. The molecular weight excluding hydrogens is 404 g/mol. The Kier molecular flexibility index (Phi) is 8.55. The third-order valence-corrected chi connectivity index (χ3v) is 5.80. The maximum absolute atomic E-state index is 11.1. The van der Waals surface area contributed by atoms with Gasteiger partial charge in [0.1, 0.15) is 0 Å². The van der Waals surface area contributed by atoms with Crippen molar-refractivity contribution in [2.75, 3.05) is 39.4 Å². The zero-order valence-electron chi connectivity index (χ0n) is 16.3. The molecule has 0 aliphatic carbocycles. The van der Waals surface area contributed by atoms with Crippen LogP contribution in [0.25, 0.3) is 11.4 Å². The number of nitrogens with two attached hydrogens (primary N) is 1. The molecule has 0 aliphatic rings. The number of benzene rings is 1. The van der Waals surface area contributed by atoms with Gasteiger partial charge < -0.3 is 18.8 Å². The molecule has 2 N–H and O–H groups in total. The monoisotopic (exact) mass is 430 g/mol. The van der Waals surface area contributed by atoms with Gasteiger partial charge in [0, 0.05) is 31.6 Å². The predicted octanol–water partition coefficient (Wildman–Crippen LogP) is 1.77. The fourth-order valence-corrected chi connectivity index (χ4v) is 4.21. The summed E-state index contributed by atoms with van der Waals surface area (Å²) in [5.41, 5.74) is 0.846. The SMILES string of the molecule is COCCCn1c(SCCCS(N)(=O)=O)nnc1-c1ccc(OC)c(OC)c1. The van der Waals surface area contributed by atoms with Crippen LogP contribution >= 0.6 is 11.8 Å². The van der Waals surface area contributed by atoms with Crippen LogP contribution in [0.1, 0.15) is 12.8 Å². The summed E-state index contributed by atoms with van der Waals surface area (Å²) < 4.78 is 40.0. The summed E-state index contributed by atoms with van der Waals surface area (Å²) in [6, 6.07) is 5.57. The van der Waals surface area contributed by atoms with Gasteiger partial charge in [-0.25, -0.2) is 13.6 Å². The van der Waals surface area contributed by atoms with Crippen LogP contribution in [-0.2, 0) is 21.3 Å². The van der Waals surface area contributed by atoms with Crippen molar-refractivity contribution in [1.82, 2.24) is 14.8 Å². The number of thioether (sulfide) groups is 1. The van der Waals surface area contributed by atoms with Crippen molar-refractivity contribution < 1.29 is 22.6 Å². The quantitative estimate of drug-likeness (QED) is 0.400. The first kappa shape index (κ1) is 22.5. The summed E-state index contributed by atoms with van der Waals surface area (Å²) >= 11 is 1.45. The van der Waals surface area contributed by atoms with E-state index in [2.05, 4.69) is 10.2 Å². The molecule has 0 fully saturated rings. The van der Waals surface area contributed by atoms with Crippen LogP contribution in [0.4, 0.5) is 0 Å². The van der Waals surface area contributed by atoms with Crippen molar-refractivity contribution in [3.63, 3.8) is 0 Å². The molecule has 2 rings (SSSR count). The maximum Gasteiger partial charge on any atom is 0.209 e. The molecule has 11 heteroatoms. The van der Waals surface area contributed by atoms with Crippen LogP contribution in [0.3, 0.4) is 0 Å². The van der Waals surface area contributed by atoms with Crippen molar-refractivity contribution in [3.8, 4) is 22.9 Å². The second-order valence-corrected chi connectivity index (χ2v) is 8.74. The standard InChI is InChI=1S/C17H26N4O5S2/c1-24-9-4-8-21-16(13-6-7-14(25-2)15(12-13)26-3)19-20-17(21)27-10-5-11-28(18,22)23/h6-7,12H,4-5,8-11H2,1-3H3,(H2,18,22,23). The Balaban J connectivity index is 2.24. The van der Waals surface area contributed by atoms with Gasteiger partial charge in [0.2, 0.25) is 10.0 Å². The van der Waals surface area contributed by atoms with Gasteiger partial charge in [-0.1, -0.05) is 11.8 Å². The molecule has 1 aromatic carbocycles. The van der Waals surface area contributed by atoms with Crippen LogP contribution in [-0.4, -0.2) is 62.6 Å². The Morgan fingerprint density at radius 3 is 2.50 bits per heavy atom. The van der Waals surface area contributed by atoms with Crippen molar-refractivity contribution in [2.45, 2.75) is 24.5 Å². The first-order valence-electron chi connectivity index (χ1n) is 8.67. The van der Waals surface area contributed by atoms with Crippen molar-refractivity contribution in [3.05, 3.63) is 18.2 Å². The zero-order chi connectivity index (χ0) is 20.6. The van der Waals surface area contributed by atoms with Gasteiger partial charge in [-0.15, -0.1) is 10.2 Å². The van der Waals surface area contributed by atoms with Gasteiger partial charge in [0.25, 0.3) is 0 Å². The van der Waals surface area contributed by atoms with E-state index in [0.29, 0.717) is 42.6 Å². The minimum atomic E-state index is -3.46. The number of rotatable bonds is 12. The Morgan fingerprint density at radius 1 is 1.11 bits per heavy atom. The Hall–Kier alpha value is -1.82. The van der Waals surface area contributed by atoms with E-state index in [1.165, 1.54) is 11.8 Å². The molecule has 0 aliphatic heterocycles. The lowest BCUT2D eigenvalue weighted by molar-refractivity contribution is 0.189. The second-order valence-electron chi connectivity index (χ2n) is 5.94. The number of sulfonamides is 1. The first-order chi connectivity index (χ1) is 13.4. The van der Waals surface area contributed by atoms with E-state index < -0.39 is 10.0 Å². The van der Waals surface area contributed by atoms with E-state index in [1.807, 2.05) is 22.8 Å². The molecule has 156 valence electrons. The summed E-state index contributed by atoms with van der Waals surface area (Å²) in [6.07, 6.45) is 1.24. The average molecular weight is 431 g/mol. The molecule has 0 saturated carbocycles. The molecule has 0 saturated heterocycles. The average Bonchev–Trinajstić information content (AvgIpc) is 3.07. The van der Waals surface area contributed by atoms with E-state index in [-0.39, 0.29) is 5.75 Å². The van der Waals surface area contributed by atoms with Gasteiger partial charge in [-0.05, 0) is 31.0 Å². The van der Waals surface area contributed by atoms with E-state index in [0.717, 1.165) is 17.1 Å². The van der Waals surface area contributed by atoms with E-state index >= 15 is 0 Å². The highest BCUT2D eigenvalue weighted by Crippen LogP contribution is 2.33. The number of hydrogen-bond donors (Lipinski definition) is 1. The Bertz CT molecular complexity index is 870. The van der Waals surface area contributed by atoms with Crippen LogP contribution in [0.5, 0.6) is 11.5 Å². The lowest BCUT2D eigenvalue weighted by Gasteiger charge is -2.12. The minimum absolute atomic E-state index is 0.0552. The lowest BCUT2D eigenvalue weighted by atomic mass is 10.2. The van der Waals surface area contributed by atoms with E-state index in [1.54, 1.807) is 21.3 Å². The Morgan fingerprint density at radius 2 is 1.86 bits per heavy atom. The number of nitrogens with zero attached hydrogens (tertiary/aromatic N) is 3. The van der Waals surface area contributed by atoms with Crippen LogP contribution < -0.4 is 14.6 Å². The van der Waals surface area contributed by atoms with Gasteiger partial charge in [-0.2, -0.15) is 0 Å². The topological polar surface area (TPSA) is 119 Å². The lowest BCUT2D eigenvalue weighted by Crippen LogP contribution is -2.16. The molecule has 0 radical (unpaired) electrons. The molecule has 0 spiro atoms. The third kappa shape index (κ3) is 6.36. The Labute approximate surface area is 169 Å². The normalized spacial score (nSPS) is 11.6. The first-order valence-corrected chi connectivity index (χ1v) is 11.4. The zero-order valence-corrected chi connectivity index (χ0v) is 17.9. The number of hydrogen-bond acceptors (Lipinski definition) is 8. The van der Waals surface area contributed by atoms with Gasteiger partial charge in [0.05, 0.1) is 20.0 Å².